The number of nitrogens with zero attached hydrogens (tertiary/aromatic N) is 3. The molecule has 0 aromatic rings. The Labute approximate surface area is 142 Å². The van der Waals surface area contributed by atoms with Gasteiger partial charge in [0.05, 0.1) is 13.2 Å². The quantitative estimate of drug-likeness (QED) is 0.665. The van der Waals surface area contributed by atoms with Gasteiger partial charge in [-0.3, -0.25) is 19.3 Å². The van der Waals surface area contributed by atoms with E-state index in [2.05, 4.69) is 0 Å². The van der Waals surface area contributed by atoms with Crippen molar-refractivity contribution in [2.45, 2.75) is 38.6 Å². The summed E-state index contributed by atoms with van der Waals surface area (Å²) in [5.74, 6) is 0.318. The molecular formula is C17H27N3O4. The molecule has 0 unspecified atom stereocenters. The van der Waals surface area contributed by atoms with E-state index in [-0.39, 0.29) is 36.3 Å². The molecule has 2 amide bonds. The largest absolute Gasteiger partial charge is 0.465 e. The van der Waals surface area contributed by atoms with Crippen molar-refractivity contribution in [2.75, 3.05) is 45.9 Å². The number of rotatable bonds is 5. The zero-order valence-corrected chi connectivity index (χ0v) is 14.4. The van der Waals surface area contributed by atoms with Crippen LogP contribution in [-0.4, -0.2) is 84.4 Å². The van der Waals surface area contributed by atoms with Gasteiger partial charge in [0.1, 0.15) is 6.04 Å². The fraction of sp³-hybridized carbons (Fsp3) is 0.824. The van der Waals surface area contributed by atoms with Crippen molar-refractivity contribution < 1.29 is 19.1 Å². The topological polar surface area (TPSA) is 70.2 Å². The third-order valence-corrected chi connectivity index (χ3v) is 5.13. The summed E-state index contributed by atoms with van der Waals surface area (Å²) in [4.78, 5) is 42.2. The summed E-state index contributed by atoms with van der Waals surface area (Å²) in [7, 11) is 0. The molecule has 3 aliphatic rings. The number of ether oxygens (including phenoxy) is 1. The van der Waals surface area contributed by atoms with Crippen molar-refractivity contribution in [1.29, 1.82) is 0 Å². The number of amides is 2. The van der Waals surface area contributed by atoms with Crippen LogP contribution in [0.3, 0.4) is 0 Å². The van der Waals surface area contributed by atoms with Crippen molar-refractivity contribution in [3.05, 3.63) is 0 Å². The van der Waals surface area contributed by atoms with E-state index in [1.165, 1.54) is 0 Å². The predicted octanol–water partition coefficient (Wildman–Crippen LogP) is 0.0947. The van der Waals surface area contributed by atoms with Crippen LogP contribution in [0, 0.1) is 5.92 Å². The van der Waals surface area contributed by atoms with Crippen LogP contribution in [0.15, 0.2) is 0 Å². The standard InChI is InChI=1S/C17H27N3O4/c1-2-24-17(23)14-4-3-7-20(14)12-15(21)18-8-10-19(11-9-18)16(22)13-5-6-13/h13-14H,2-12H2,1H3/t14-/m1/s1. The molecule has 3 fully saturated rings. The van der Waals surface area contributed by atoms with Crippen LogP contribution >= 0.6 is 0 Å². The summed E-state index contributed by atoms with van der Waals surface area (Å²) in [6.07, 6.45) is 3.71. The Morgan fingerprint density at radius 2 is 1.62 bits per heavy atom. The zero-order chi connectivity index (χ0) is 17.1. The fourth-order valence-electron chi connectivity index (χ4n) is 3.56. The van der Waals surface area contributed by atoms with E-state index in [1.54, 1.807) is 6.92 Å². The molecule has 2 saturated heterocycles. The summed E-state index contributed by atoms with van der Waals surface area (Å²) in [5.41, 5.74) is 0. The van der Waals surface area contributed by atoms with Crippen LogP contribution in [0.2, 0.25) is 0 Å². The lowest BCUT2D eigenvalue weighted by Gasteiger charge is -2.36. The molecule has 3 rings (SSSR count). The predicted molar refractivity (Wildman–Crippen MR) is 87.1 cm³/mol. The van der Waals surface area contributed by atoms with Gasteiger partial charge in [0.25, 0.3) is 0 Å². The van der Waals surface area contributed by atoms with E-state index in [1.807, 2.05) is 14.7 Å². The minimum Gasteiger partial charge on any atom is -0.465 e. The van der Waals surface area contributed by atoms with Gasteiger partial charge in [-0.05, 0) is 39.2 Å². The lowest BCUT2D eigenvalue weighted by molar-refractivity contribution is -0.149. The van der Waals surface area contributed by atoms with Gasteiger partial charge in [-0.25, -0.2) is 0 Å². The average molecular weight is 337 g/mol. The molecule has 1 atom stereocenters. The highest BCUT2D eigenvalue weighted by atomic mass is 16.5. The lowest BCUT2D eigenvalue weighted by Crippen LogP contribution is -2.53. The number of piperazine rings is 1. The van der Waals surface area contributed by atoms with Crippen molar-refractivity contribution >= 4 is 17.8 Å². The maximum Gasteiger partial charge on any atom is 0.323 e. The molecular weight excluding hydrogens is 310 g/mol. The highest BCUT2D eigenvalue weighted by Crippen LogP contribution is 2.31. The van der Waals surface area contributed by atoms with Crippen LogP contribution in [0.1, 0.15) is 32.6 Å². The monoisotopic (exact) mass is 337 g/mol. The van der Waals surface area contributed by atoms with Gasteiger partial charge < -0.3 is 14.5 Å². The molecule has 0 N–H and O–H groups in total. The molecule has 0 bridgehead atoms. The molecule has 1 saturated carbocycles. The first-order valence-corrected chi connectivity index (χ1v) is 9.07. The van der Waals surface area contributed by atoms with Gasteiger partial charge in [0, 0.05) is 32.1 Å². The Morgan fingerprint density at radius 1 is 0.958 bits per heavy atom. The van der Waals surface area contributed by atoms with E-state index < -0.39 is 0 Å². The van der Waals surface area contributed by atoms with E-state index in [9.17, 15) is 14.4 Å². The van der Waals surface area contributed by atoms with Gasteiger partial charge >= 0.3 is 5.97 Å². The Morgan fingerprint density at radius 3 is 2.25 bits per heavy atom. The van der Waals surface area contributed by atoms with Crippen molar-refractivity contribution in [3.63, 3.8) is 0 Å². The lowest BCUT2D eigenvalue weighted by atomic mass is 10.2. The fourth-order valence-corrected chi connectivity index (χ4v) is 3.56. The molecule has 2 heterocycles. The van der Waals surface area contributed by atoms with Gasteiger partial charge in [-0.2, -0.15) is 0 Å². The molecule has 2 aliphatic heterocycles. The number of hydrogen-bond acceptors (Lipinski definition) is 5. The summed E-state index contributed by atoms with van der Waals surface area (Å²) >= 11 is 0. The Kier molecular flexibility index (Phi) is 5.38. The second-order valence-electron chi connectivity index (χ2n) is 6.86. The molecule has 7 nitrogen and oxygen atoms in total. The summed E-state index contributed by atoms with van der Waals surface area (Å²) in [6.45, 7) is 5.63. The van der Waals surface area contributed by atoms with Crippen molar-refractivity contribution in [2.24, 2.45) is 5.92 Å². The number of hydrogen-bond donors (Lipinski definition) is 0. The van der Waals surface area contributed by atoms with E-state index in [4.69, 9.17) is 4.74 Å². The molecule has 24 heavy (non-hydrogen) atoms. The summed E-state index contributed by atoms with van der Waals surface area (Å²) < 4.78 is 5.10. The van der Waals surface area contributed by atoms with E-state index >= 15 is 0 Å². The molecule has 0 radical (unpaired) electrons. The van der Waals surface area contributed by atoms with E-state index in [0.29, 0.717) is 32.8 Å². The Balaban J connectivity index is 1.46. The number of carbonyl (C=O) groups is 3. The second kappa shape index (κ2) is 7.51. The third kappa shape index (κ3) is 3.88. The van der Waals surface area contributed by atoms with Crippen molar-refractivity contribution in [1.82, 2.24) is 14.7 Å². The number of carbonyl (C=O) groups excluding carboxylic acids is 3. The molecule has 7 heteroatoms. The van der Waals surface area contributed by atoms with Crippen LogP contribution in [0.25, 0.3) is 0 Å². The Bertz CT molecular complexity index is 498. The second-order valence-corrected chi connectivity index (χ2v) is 6.86. The first-order chi connectivity index (χ1) is 11.6. The average Bonchev–Trinajstić information content (AvgIpc) is 3.34. The van der Waals surface area contributed by atoms with Crippen LogP contribution in [0.4, 0.5) is 0 Å². The third-order valence-electron chi connectivity index (χ3n) is 5.13. The minimum atomic E-state index is -0.286. The Hall–Kier alpha value is -1.63. The normalized spacial score (nSPS) is 25.0. The van der Waals surface area contributed by atoms with Gasteiger partial charge in [0.2, 0.25) is 11.8 Å². The van der Waals surface area contributed by atoms with Gasteiger partial charge in [-0.15, -0.1) is 0 Å². The number of esters is 1. The maximum absolute atomic E-state index is 12.5. The number of likely N-dealkylation sites (tertiary alicyclic amines) is 1. The van der Waals surface area contributed by atoms with Crippen LogP contribution in [-0.2, 0) is 19.1 Å². The molecule has 0 spiro atoms. The highest BCUT2D eigenvalue weighted by molar-refractivity contribution is 5.83. The zero-order valence-electron chi connectivity index (χ0n) is 14.4. The van der Waals surface area contributed by atoms with E-state index in [0.717, 1.165) is 32.2 Å². The molecule has 0 aromatic heterocycles. The van der Waals surface area contributed by atoms with Crippen LogP contribution in [0.5, 0.6) is 0 Å². The van der Waals surface area contributed by atoms with Crippen LogP contribution < -0.4 is 0 Å². The molecule has 1 aliphatic carbocycles. The molecule has 134 valence electrons. The van der Waals surface area contributed by atoms with Gasteiger partial charge in [0.15, 0.2) is 0 Å². The first-order valence-electron chi connectivity index (χ1n) is 9.07. The smallest absolute Gasteiger partial charge is 0.323 e. The SMILES string of the molecule is CCOC(=O)[C@H]1CCCN1CC(=O)N1CCN(C(=O)C2CC2)CC1. The maximum atomic E-state index is 12.5. The van der Waals surface area contributed by atoms with Gasteiger partial charge in [-0.1, -0.05) is 0 Å². The molecule has 0 aromatic carbocycles. The summed E-state index contributed by atoms with van der Waals surface area (Å²) in [5, 5.41) is 0. The summed E-state index contributed by atoms with van der Waals surface area (Å²) in [6, 6.07) is -0.286. The highest BCUT2D eigenvalue weighted by Gasteiger charge is 2.37. The minimum absolute atomic E-state index is 0.0460. The van der Waals surface area contributed by atoms with Crippen molar-refractivity contribution in [3.8, 4) is 0 Å². The first kappa shape index (κ1) is 17.2.